The molecular formula is C22H17Cl3NOP. The van der Waals surface area contributed by atoms with Gasteiger partial charge in [0.2, 0.25) is 7.29 Å². The van der Waals surface area contributed by atoms with Gasteiger partial charge < -0.3 is 5.09 Å². The van der Waals surface area contributed by atoms with Gasteiger partial charge in [0.05, 0.1) is 20.8 Å². The van der Waals surface area contributed by atoms with Gasteiger partial charge in [-0.3, -0.25) is 4.57 Å². The minimum absolute atomic E-state index is 0.359. The third-order valence-corrected chi connectivity index (χ3v) is 7.04. The fourth-order valence-electron chi connectivity index (χ4n) is 2.52. The molecule has 0 aliphatic rings. The Labute approximate surface area is 179 Å². The van der Waals surface area contributed by atoms with Crippen LogP contribution in [0.2, 0.25) is 5.02 Å². The minimum atomic E-state index is -3.33. The van der Waals surface area contributed by atoms with E-state index in [-0.39, 0.29) is 0 Å². The second-order valence-corrected chi connectivity index (χ2v) is 9.37. The number of nitrogens with one attached hydrogen (secondary N) is 1. The maximum Gasteiger partial charge on any atom is 0.216 e. The predicted molar refractivity (Wildman–Crippen MR) is 123 cm³/mol. The summed E-state index contributed by atoms with van der Waals surface area (Å²) in [5.74, 6) is 3.00. The van der Waals surface area contributed by atoms with Crippen molar-refractivity contribution in [3.8, 4) is 0 Å². The van der Waals surface area contributed by atoms with E-state index in [0.717, 1.165) is 11.1 Å². The summed E-state index contributed by atoms with van der Waals surface area (Å²) in [6.45, 7) is 0. The first-order chi connectivity index (χ1) is 13.5. The Morgan fingerprint density at radius 2 is 1.14 bits per heavy atom. The van der Waals surface area contributed by atoms with Gasteiger partial charge in [0.25, 0.3) is 0 Å². The number of para-hydroxylation sites is 1. The van der Waals surface area contributed by atoms with E-state index in [4.69, 9.17) is 34.8 Å². The Morgan fingerprint density at radius 3 is 1.61 bits per heavy atom. The molecule has 1 N–H and O–H groups in total. The molecule has 3 aromatic rings. The molecule has 0 aliphatic heterocycles. The maximum atomic E-state index is 13.8. The number of rotatable bonds is 6. The van der Waals surface area contributed by atoms with Crippen molar-refractivity contribution in [2.24, 2.45) is 0 Å². The van der Waals surface area contributed by atoms with Gasteiger partial charge in [0, 0.05) is 11.6 Å². The molecule has 0 saturated carbocycles. The van der Waals surface area contributed by atoms with Gasteiger partial charge in [-0.05, 0) is 23.3 Å². The average molecular weight is 449 g/mol. The average Bonchev–Trinajstić information content (AvgIpc) is 2.71. The maximum absolute atomic E-state index is 13.8. The standard InChI is InChI=1S/C22H17Cl3NOP/c23-19-13-7-8-14-22(19)26-28(27,15-20(24)17-9-3-1-4-10-17)16-21(25)18-11-5-2-6-12-18/h1-16H,(H,26,27)/b20-15-,21-16+. The zero-order chi connectivity index (χ0) is 20.0. The lowest BCUT2D eigenvalue weighted by molar-refractivity contribution is 0.589. The van der Waals surface area contributed by atoms with E-state index < -0.39 is 7.29 Å². The summed E-state index contributed by atoms with van der Waals surface area (Å²) in [6, 6.07) is 25.7. The van der Waals surface area contributed by atoms with Gasteiger partial charge in [-0.2, -0.15) is 0 Å². The molecule has 0 radical (unpaired) electrons. The van der Waals surface area contributed by atoms with Gasteiger partial charge in [0.15, 0.2) is 0 Å². The van der Waals surface area contributed by atoms with Crippen LogP contribution in [-0.4, -0.2) is 0 Å². The second kappa shape index (κ2) is 9.49. The number of hydrogen-bond acceptors (Lipinski definition) is 1. The third-order valence-electron chi connectivity index (χ3n) is 3.88. The lowest BCUT2D eigenvalue weighted by atomic mass is 10.2. The minimum Gasteiger partial charge on any atom is -0.329 e. The molecule has 3 rings (SSSR count). The largest absolute Gasteiger partial charge is 0.329 e. The zero-order valence-corrected chi connectivity index (χ0v) is 17.9. The normalized spacial score (nSPS) is 14.4. The van der Waals surface area contributed by atoms with Crippen LogP contribution in [0.15, 0.2) is 96.6 Å². The van der Waals surface area contributed by atoms with Gasteiger partial charge in [-0.25, -0.2) is 0 Å². The van der Waals surface area contributed by atoms with Crippen molar-refractivity contribution in [3.05, 3.63) is 113 Å². The molecule has 28 heavy (non-hydrogen) atoms. The van der Waals surface area contributed by atoms with Crippen LogP contribution in [0.3, 0.4) is 0 Å². The third kappa shape index (κ3) is 5.53. The van der Waals surface area contributed by atoms with Gasteiger partial charge in [-0.1, -0.05) is 108 Å². The summed E-state index contributed by atoms with van der Waals surface area (Å²) < 4.78 is 13.8. The van der Waals surface area contributed by atoms with Crippen LogP contribution < -0.4 is 5.09 Å². The molecule has 2 nitrogen and oxygen atoms in total. The summed E-state index contributed by atoms with van der Waals surface area (Å²) in [4.78, 5) is 0. The number of anilines is 1. The lowest BCUT2D eigenvalue weighted by Crippen LogP contribution is -1.95. The molecule has 0 saturated heterocycles. The van der Waals surface area contributed by atoms with E-state index >= 15 is 0 Å². The van der Waals surface area contributed by atoms with E-state index in [9.17, 15) is 4.57 Å². The Kier molecular flexibility index (Phi) is 7.04. The first-order valence-electron chi connectivity index (χ1n) is 8.47. The molecule has 0 spiro atoms. The summed E-state index contributed by atoms with van der Waals surface area (Å²) >= 11 is 19.2. The van der Waals surface area contributed by atoms with Crippen molar-refractivity contribution in [3.63, 3.8) is 0 Å². The molecular weight excluding hydrogens is 432 g/mol. The Hall–Kier alpha value is -1.96. The van der Waals surface area contributed by atoms with Crippen LogP contribution >= 0.6 is 42.1 Å². The highest BCUT2D eigenvalue weighted by Gasteiger charge is 2.20. The fourth-order valence-corrected chi connectivity index (χ4v) is 5.64. The molecule has 6 heteroatoms. The summed E-state index contributed by atoms with van der Waals surface area (Å²) in [7, 11) is -3.33. The van der Waals surface area contributed by atoms with E-state index in [1.54, 1.807) is 18.2 Å². The van der Waals surface area contributed by atoms with Crippen molar-refractivity contribution in [2.45, 2.75) is 0 Å². The molecule has 1 unspecified atom stereocenters. The summed E-state index contributed by atoms with van der Waals surface area (Å²) in [5.41, 5.74) is 2.05. The molecule has 3 aromatic carbocycles. The SMILES string of the molecule is O=P(/C=C(\Cl)c1ccccc1)(/C=C(/Cl)c1ccccc1)Nc1ccccc1Cl. The fraction of sp³-hybridized carbons (Fsp3) is 0. The summed E-state index contributed by atoms with van der Waals surface area (Å²) in [5, 5.41) is 4.20. The van der Waals surface area contributed by atoms with Crippen molar-refractivity contribution < 1.29 is 4.57 Å². The molecule has 0 aromatic heterocycles. The quantitative estimate of drug-likeness (QED) is 0.383. The van der Waals surface area contributed by atoms with E-state index in [1.165, 1.54) is 11.6 Å². The first kappa shape index (κ1) is 20.8. The van der Waals surface area contributed by atoms with Crippen LogP contribution in [0.1, 0.15) is 11.1 Å². The number of benzene rings is 3. The molecule has 142 valence electrons. The molecule has 0 amide bonds. The van der Waals surface area contributed by atoms with Gasteiger partial charge >= 0.3 is 0 Å². The van der Waals surface area contributed by atoms with Crippen molar-refractivity contribution >= 4 is 57.8 Å². The van der Waals surface area contributed by atoms with Crippen molar-refractivity contribution in [1.29, 1.82) is 0 Å². The number of hydrogen-bond donors (Lipinski definition) is 1. The monoisotopic (exact) mass is 447 g/mol. The van der Waals surface area contributed by atoms with Crippen LogP contribution in [0.4, 0.5) is 5.69 Å². The molecule has 0 aliphatic carbocycles. The van der Waals surface area contributed by atoms with Crippen molar-refractivity contribution in [1.82, 2.24) is 0 Å². The van der Waals surface area contributed by atoms with E-state index in [0.29, 0.717) is 20.8 Å². The Bertz CT molecular complexity index is 990. The molecule has 0 fully saturated rings. The molecule has 1 atom stereocenters. The topological polar surface area (TPSA) is 29.1 Å². The van der Waals surface area contributed by atoms with E-state index in [1.807, 2.05) is 66.7 Å². The van der Waals surface area contributed by atoms with Crippen LogP contribution in [0.25, 0.3) is 10.1 Å². The highest BCUT2D eigenvalue weighted by Crippen LogP contribution is 2.54. The van der Waals surface area contributed by atoms with Gasteiger partial charge in [0.1, 0.15) is 0 Å². The highest BCUT2D eigenvalue weighted by molar-refractivity contribution is 7.72. The second-order valence-electron chi connectivity index (χ2n) is 5.99. The molecule has 0 bridgehead atoms. The Morgan fingerprint density at radius 1 is 0.714 bits per heavy atom. The van der Waals surface area contributed by atoms with Crippen LogP contribution in [0.5, 0.6) is 0 Å². The van der Waals surface area contributed by atoms with E-state index in [2.05, 4.69) is 5.09 Å². The highest BCUT2D eigenvalue weighted by atomic mass is 35.5. The lowest BCUT2D eigenvalue weighted by Gasteiger charge is -2.16. The first-order valence-corrected chi connectivity index (χ1v) is 11.4. The van der Waals surface area contributed by atoms with Crippen LogP contribution in [0, 0.1) is 0 Å². The zero-order valence-electron chi connectivity index (χ0n) is 14.7. The summed E-state index contributed by atoms with van der Waals surface area (Å²) in [6.07, 6.45) is 0. The number of halogens is 3. The van der Waals surface area contributed by atoms with Gasteiger partial charge in [-0.15, -0.1) is 0 Å². The smallest absolute Gasteiger partial charge is 0.216 e. The Balaban J connectivity index is 2.05. The van der Waals surface area contributed by atoms with Crippen molar-refractivity contribution in [2.75, 3.05) is 5.09 Å². The van der Waals surface area contributed by atoms with Crippen LogP contribution in [-0.2, 0) is 4.57 Å². The molecule has 0 heterocycles. The predicted octanol–water partition coefficient (Wildman–Crippen LogP) is 8.50.